The summed E-state index contributed by atoms with van der Waals surface area (Å²) in [5, 5.41) is 2.64. The third kappa shape index (κ3) is 3.94. The molecule has 5 heteroatoms. The fourth-order valence-electron chi connectivity index (χ4n) is 2.99. The van der Waals surface area contributed by atoms with Crippen LogP contribution in [0.4, 0.5) is 4.79 Å². The standard InChI is InChI=1S/C21H22N2O3/c1-15(2)19-18(13-16-9-5-3-6-10-16)20(24)22-23(19)21(25)26-14-17-11-7-4-8-12-17/h3-12,15H,13-14H2,1-2H3,(H,22,24). The first kappa shape index (κ1) is 17.7. The Balaban J connectivity index is 1.86. The summed E-state index contributed by atoms with van der Waals surface area (Å²) in [4.78, 5) is 25.0. The number of ether oxygens (including phenoxy) is 1. The number of carbonyl (C=O) groups excluding carboxylic acids is 1. The second-order valence-electron chi connectivity index (χ2n) is 6.50. The van der Waals surface area contributed by atoms with E-state index in [0.717, 1.165) is 11.1 Å². The van der Waals surface area contributed by atoms with Gasteiger partial charge in [-0.2, -0.15) is 4.68 Å². The fourth-order valence-corrected chi connectivity index (χ4v) is 2.99. The topological polar surface area (TPSA) is 64.1 Å². The van der Waals surface area contributed by atoms with Gasteiger partial charge in [-0.3, -0.25) is 9.89 Å². The van der Waals surface area contributed by atoms with E-state index in [1.165, 1.54) is 4.68 Å². The number of carbonyl (C=O) groups is 1. The van der Waals surface area contributed by atoms with E-state index >= 15 is 0 Å². The molecule has 0 aliphatic heterocycles. The Hall–Kier alpha value is -3.08. The first-order valence-corrected chi connectivity index (χ1v) is 8.65. The summed E-state index contributed by atoms with van der Waals surface area (Å²) >= 11 is 0. The molecular weight excluding hydrogens is 328 g/mol. The Labute approximate surface area is 152 Å². The lowest BCUT2D eigenvalue weighted by molar-refractivity contribution is 0.136. The molecule has 1 N–H and O–H groups in total. The molecule has 0 bridgehead atoms. The number of hydrogen-bond donors (Lipinski definition) is 1. The molecular formula is C21H22N2O3. The van der Waals surface area contributed by atoms with Gasteiger partial charge in [0.15, 0.2) is 0 Å². The molecule has 5 nitrogen and oxygen atoms in total. The predicted molar refractivity (Wildman–Crippen MR) is 100 cm³/mol. The summed E-state index contributed by atoms with van der Waals surface area (Å²) < 4.78 is 6.62. The van der Waals surface area contributed by atoms with Gasteiger partial charge in [-0.1, -0.05) is 74.5 Å². The van der Waals surface area contributed by atoms with Crippen LogP contribution in [0.5, 0.6) is 0 Å². The van der Waals surface area contributed by atoms with Crippen molar-refractivity contribution in [1.29, 1.82) is 0 Å². The van der Waals surface area contributed by atoms with Crippen molar-refractivity contribution >= 4 is 6.09 Å². The Kier molecular flexibility index (Phi) is 5.37. The summed E-state index contributed by atoms with van der Waals surface area (Å²) in [6.45, 7) is 4.07. The fraction of sp³-hybridized carbons (Fsp3) is 0.238. The highest BCUT2D eigenvalue weighted by molar-refractivity contribution is 5.71. The van der Waals surface area contributed by atoms with Gasteiger partial charge in [-0.15, -0.1) is 0 Å². The Morgan fingerprint density at radius 3 is 2.15 bits per heavy atom. The number of rotatable bonds is 5. The van der Waals surface area contributed by atoms with Crippen LogP contribution in [0.15, 0.2) is 65.5 Å². The minimum Gasteiger partial charge on any atom is -0.443 e. The van der Waals surface area contributed by atoms with Crippen LogP contribution < -0.4 is 5.56 Å². The van der Waals surface area contributed by atoms with Crippen molar-refractivity contribution in [3.05, 3.63) is 93.4 Å². The molecule has 1 heterocycles. The molecule has 0 amide bonds. The van der Waals surface area contributed by atoms with Gasteiger partial charge in [0, 0.05) is 12.0 Å². The van der Waals surface area contributed by atoms with Crippen molar-refractivity contribution in [3.8, 4) is 0 Å². The van der Waals surface area contributed by atoms with Crippen molar-refractivity contribution < 1.29 is 9.53 Å². The average molecular weight is 350 g/mol. The monoisotopic (exact) mass is 350 g/mol. The molecule has 0 atom stereocenters. The van der Waals surface area contributed by atoms with E-state index in [-0.39, 0.29) is 18.1 Å². The lowest BCUT2D eigenvalue weighted by atomic mass is 10.00. The molecule has 0 radical (unpaired) electrons. The Morgan fingerprint density at radius 2 is 1.58 bits per heavy atom. The normalized spacial score (nSPS) is 10.9. The quantitative estimate of drug-likeness (QED) is 0.754. The van der Waals surface area contributed by atoms with Gasteiger partial charge >= 0.3 is 6.09 Å². The van der Waals surface area contributed by atoms with E-state index in [0.29, 0.717) is 17.7 Å². The molecule has 1 aromatic heterocycles. The minimum atomic E-state index is -0.575. The minimum absolute atomic E-state index is 0.00284. The van der Waals surface area contributed by atoms with Crippen molar-refractivity contribution in [1.82, 2.24) is 9.78 Å². The van der Waals surface area contributed by atoms with Crippen molar-refractivity contribution in [3.63, 3.8) is 0 Å². The number of aromatic nitrogens is 2. The number of H-pyrrole nitrogens is 1. The predicted octanol–water partition coefficient (Wildman–Crippen LogP) is 4.08. The summed E-state index contributed by atoms with van der Waals surface area (Å²) in [5.74, 6) is -0.00284. The molecule has 3 rings (SSSR count). The van der Waals surface area contributed by atoms with Gasteiger partial charge in [0.25, 0.3) is 5.56 Å². The van der Waals surface area contributed by atoms with Crippen LogP contribution in [-0.2, 0) is 17.8 Å². The van der Waals surface area contributed by atoms with Crippen molar-refractivity contribution in [2.75, 3.05) is 0 Å². The van der Waals surface area contributed by atoms with Crippen molar-refractivity contribution in [2.45, 2.75) is 32.8 Å². The van der Waals surface area contributed by atoms with E-state index in [1.807, 2.05) is 74.5 Å². The molecule has 134 valence electrons. The number of hydrogen-bond acceptors (Lipinski definition) is 3. The van der Waals surface area contributed by atoms with E-state index < -0.39 is 6.09 Å². The van der Waals surface area contributed by atoms with Gasteiger partial charge in [0.2, 0.25) is 0 Å². The van der Waals surface area contributed by atoms with E-state index in [2.05, 4.69) is 5.10 Å². The number of nitrogens with zero attached hydrogens (tertiary/aromatic N) is 1. The highest BCUT2D eigenvalue weighted by Crippen LogP contribution is 2.20. The van der Waals surface area contributed by atoms with E-state index in [9.17, 15) is 9.59 Å². The maximum Gasteiger partial charge on any atom is 0.433 e. The Morgan fingerprint density at radius 1 is 1.00 bits per heavy atom. The molecule has 0 spiro atoms. The van der Waals surface area contributed by atoms with Crippen LogP contribution in [0.3, 0.4) is 0 Å². The molecule has 0 unspecified atom stereocenters. The van der Waals surface area contributed by atoms with Gasteiger partial charge in [0.05, 0.1) is 5.69 Å². The smallest absolute Gasteiger partial charge is 0.433 e. The van der Waals surface area contributed by atoms with Gasteiger partial charge in [-0.05, 0) is 17.0 Å². The summed E-state index contributed by atoms with van der Waals surface area (Å²) in [6.07, 6.45) is -0.100. The molecule has 0 aliphatic carbocycles. The first-order valence-electron chi connectivity index (χ1n) is 8.65. The maximum atomic E-state index is 12.5. The van der Waals surface area contributed by atoms with Crippen LogP contribution in [-0.4, -0.2) is 15.9 Å². The van der Waals surface area contributed by atoms with E-state index in [4.69, 9.17) is 4.74 Å². The number of aromatic amines is 1. The number of nitrogens with one attached hydrogen (secondary N) is 1. The maximum absolute atomic E-state index is 12.5. The van der Waals surface area contributed by atoms with Gasteiger partial charge in [0.1, 0.15) is 6.61 Å². The third-order valence-electron chi connectivity index (χ3n) is 4.20. The summed E-state index contributed by atoms with van der Waals surface area (Å²) in [5.41, 5.74) is 2.93. The zero-order valence-corrected chi connectivity index (χ0v) is 14.9. The lowest BCUT2D eigenvalue weighted by Gasteiger charge is -2.12. The molecule has 26 heavy (non-hydrogen) atoms. The van der Waals surface area contributed by atoms with Crippen molar-refractivity contribution in [2.24, 2.45) is 0 Å². The average Bonchev–Trinajstić information content (AvgIpc) is 2.98. The molecule has 0 saturated carbocycles. The van der Waals surface area contributed by atoms with Crippen LogP contribution >= 0.6 is 0 Å². The van der Waals surface area contributed by atoms with E-state index in [1.54, 1.807) is 0 Å². The SMILES string of the molecule is CC(C)c1c(Cc2ccccc2)c(=O)[nH]n1C(=O)OCc1ccccc1. The second-order valence-corrected chi connectivity index (χ2v) is 6.50. The number of benzene rings is 2. The van der Waals surface area contributed by atoms with Gasteiger partial charge < -0.3 is 4.74 Å². The molecule has 0 saturated heterocycles. The highest BCUT2D eigenvalue weighted by Gasteiger charge is 2.22. The van der Waals surface area contributed by atoms with Crippen LogP contribution in [0.1, 0.15) is 42.1 Å². The van der Waals surface area contributed by atoms with Crippen LogP contribution in [0.2, 0.25) is 0 Å². The summed E-state index contributed by atoms with van der Waals surface area (Å²) in [6, 6.07) is 19.2. The third-order valence-corrected chi connectivity index (χ3v) is 4.20. The zero-order chi connectivity index (χ0) is 18.5. The largest absolute Gasteiger partial charge is 0.443 e. The molecule has 2 aromatic carbocycles. The molecule has 3 aromatic rings. The lowest BCUT2D eigenvalue weighted by Crippen LogP contribution is -2.19. The Bertz CT molecular complexity index is 925. The first-order chi connectivity index (χ1) is 12.6. The zero-order valence-electron chi connectivity index (χ0n) is 14.9. The van der Waals surface area contributed by atoms with Crippen LogP contribution in [0.25, 0.3) is 0 Å². The summed E-state index contributed by atoms with van der Waals surface area (Å²) in [7, 11) is 0. The molecule has 0 fully saturated rings. The van der Waals surface area contributed by atoms with Crippen LogP contribution in [0, 0.1) is 0 Å². The second kappa shape index (κ2) is 7.87. The molecule has 0 aliphatic rings. The van der Waals surface area contributed by atoms with Gasteiger partial charge in [-0.25, -0.2) is 4.79 Å². The highest BCUT2D eigenvalue weighted by atomic mass is 16.6.